The summed E-state index contributed by atoms with van der Waals surface area (Å²) in [6.45, 7) is 0. The molecule has 31 heavy (non-hydrogen) atoms. The lowest BCUT2D eigenvalue weighted by Crippen LogP contribution is -2.17. The molecule has 0 fully saturated rings. The van der Waals surface area contributed by atoms with Crippen molar-refractivity contribution in [1.82, 2.24) is 0 Å². The quantitative estimate of drug-likeness (QED) is 0.350. The van der Waals surface area contributed by atoms with Crippen LogP contribution in [0, 0.1) is 15.9 Å². The summed E-state index contributed by atoms with van der Waals surface area (Å²) in [6, 6.07) is 17.1. The van der Waals surface area contributed by atoms with Crippen LogP contribution in [0.3, 0.4) is 0 Å². The van der Waals surface area contributed by atoms with Gasteiger partial charge in [-0.15, -0.1) is 0 Å². The van der Waals surface area contributed by atoms with E-state index in [-0.39, 0.29) is 22.7 Å². The van der Waals surface area contributed by atoms with Gasteiger partial charge in [-0.3, -0.25) is 19.7 Å². The van der Waals surface area contributed by atoms with Crippen LogP contribution in [0.5, 0.6) is 0 Å². The second-order valence-electron chi connectivity index (χ2n) is 6.52. The minimum atomic E-state index is -0.667. The van der Waals surface area contributed by atoms with E-state index in [2.05, 4.69) is 10.6 Å². The zero-order chi connectivity index (χ0) is 22.0. The number of hydrogen-bond acceptors (Lipinski definition) is 5. The van der Waals surface area contributed by atoms with E-state index in [4.69, 9.17) is 4.42 Å². The Morgan fingerprint density at radius 2 is 1.65 bits per heavy atom. The van der Waals surface area contributed by atoms with Crippen molar-refractivity contribution >= 4 is 39.8 Å². The molecule has 2 N–H and O–H groups in total. The van der Waals surface area contributed by atoms with E-state index in [9.17, 15) is 24.1 Å². The summed E-state index contributed by atoms with van der Waals surface area (Å²) in [5, 5.41) is 16.5. The third-order valence-electron chi connectivity index (χ3n) is 4.46. The van der Waals surface area contributed by atoms with Crippen LogP contribution in [-0.2, 0) is 0 Å². The van der Waals surface area contributed by atoms with Gasteiger partial charge in [-0.05, 0) is 42.5 Å². The summed E-state index contributed by atoms with van der Waals surface area (Å²) in [5.41, 5.74) is 0.755. The molecule has 9 heteroatoms. The standard InChI is InChI=1S/C22H14FN3O5/c23-14-5-3-4-13(12-14)21(27)25-19-17-6-1-2-7-18(17)31-20(19)22(28)24-15-8-10-16(11-9-15)26(29)30/h1-12H,(H,24,28)(H,25,27). The van der Waals surface area contributed by atoms with Gasteiger partial charge in [0.05, 0.1) is 4.92 Å². The van der Waals surface area contributed by atoms with E-state index < -0.39 is 22.6 Å². The van der Waals surface area contributed by atoms with Gasteiger partial charge in [-0.1, -0.05) is 18.2 Å². The summed E-state index contributed by atoms with van der Waals surface area (Å²) in [5.74, 6) is -2.01. The Bertz CT molecular complexity index is 1310. The number of nitro benzene ring substituents is 1. The maximum atomic E-state index is 13.5. The average molecular weight is 419 g/mol. The van der Waals surface area contributed by atoms with Crippen LogP contribution in [-0.4, -0.2) is 16.7 Å². The van der Waals surface area contributed by atoms with Crippen LogP contribution in [0.1, 0.15) is 20.9 Å². The number of nitro groups is 1. The molecule has 1 heterocycles. The fourth-order valence-electron chi connectivity index (χ4n) is 3.00. The molecule has 0 aliphatic rings. The number of non-ortho nitro benzene ring substituents is 1. The fraction of sp³-hybridized carbons (Fsp3) is 0. The first-order valence-corrected chi connectivity index (χ1v) is 9.06. The van der Waals surface area contributed by atoms with Crippen molar-refractivity contribution in [2.24, 2.45) is 0 Å². The lowest BCUT2D eigenvalue weighted by molar-refractivity contribution is -0.384. The molecule has 154 valence electrons. The number of amides is 2. The minimum Gasteiger partial charge on any atom is -0.449 e. The number of nitrogens with one attached hydrogen (secondary N) is 2. The second-order valence-corrected chi connectivity index (χ2v) is 6.52. The van der Waals surface area contributed by atoms with Crippen molar-refractivity contribution in [3.8, 4) is 0 Å². The molecule has 0 saturated heterocycles. The van der Waals surface area contributed by atoms with Gasteiger partial charge < -0.3 is 15.1 Å². The average Bonchev–Trinajstić information content (AvgIpc) is 3.13. The fourth-order valence-corrected chi connectivity index (χ4v) is 3.00. The van der Waals surface area contributed by atoms with E-state index in [1.165, 1.54) is 42.5 Å². The minimum absolute atomic E-state index is 0.0759. The topological polar surface area (TPSA) is 114 Å². The highest BCUT2D eigenvalue weighted by molar-refractivity contribution is 6.16. The molecule has 0 saturated carbocycles. The third kappa shape index (κ3) is 4.10. The van der Waals surface area contributed by atoms with Gasteiger partial charge in [-0.2, -0.15) is 0 Å². The molecule has 0 atom stereocenters. The Morgan fingerprint density at radius 1 is 0.903 bits per heavy atom. The maximum absolute atomic E-state index is 13.5. The molecule has 2 amide bonds. The number of halogens is 1. The Hall–Kier alpha value is -4.53. The summed E-state index contributed by atoms with van der Waals surface area (Å²) in [4.78, 5) is 35.7. The van der Waals surface area contributed by atoms with Crippen molar-refractivity contribution in [3.63, 3.8) is 0 Å². The molecule has 8 nitrogen and oxygen atoms in total. The molecule has 0 spiro atoms. The maximum Gasteiger partial charge on any atom is 0.293 e. The molecular weight excluding hydrogens is 405 g/mol. The van der Waals surface area contributed by atoms with Crippen molar-refractivity contribution < 1.29 is 23.3 Å². The van der Waals surface area contributed by atoms with Crippen molar-refractivity contribution in [2.45, 2.75) is 0 Å². The SMILES string of the molecule is O=C(Nc1c(C(=O)Nc2ccc([N+](=O)[O-])cc2)oc2ccccc12)c1cccc(F)c1. The Labute approximate surface area is 174 Å². The number of para-hydroxylation sites is 1. The van der Waals surface area contributed by atoms with Crippen molar-refractivity contribution in [3.05, 3.63) is 100 Å². The van der Waals surface area contributed by atoms with Crippen LogP contribution in [0.15, 0.2) is 77.2 Å². The number of rotatable bonds is 5. The van der Waals surface area contributed by atoms with Crippen LogP contribution >= 0.6 is 0 Å². The van der Waals surface area contributed by atoms with E-state index in [1.807, 2.05) is 0 Å². The van der Waals surface area contributed by atoms with Gasteiger partial charge in [0.25, 0.3) is 17.5 Å². The molecule has 1 aromatic heterocycles. The normalized spacial score (nSPS) is 10.6. The highest BCUT2D eigenvalue weighted by Gasteiger charge is 2.23. The summed E-state index contributed by atoms with van der Waals surface area (Å²) < 4.78 is 19.1. The molecular formula is C22H14FN3O5. The predicted molar refractivity (Wildman–Crippen MR) is 112 cm³/mol. The number of carbonyl (C=O) groups is 2. The number of anilines is 2. The molecule has 4 aromatic rings. The molecule has 0 unspecified atom stereocenters. The number of carbonyl (C=O) groups excluding carboxylic acids is 2. The first-order chi connectivity index (χ1) is 14.9. The van der Waals surface area contributed by atoms with Gasteiger partial charge in [0.1, 0.15) is 17.1 Å². The number of benzene rings is 3. The first kappa shape index (κ1) is 19.8. The summed E-state index contributed by atoms with van der Waals surface area (Å²) in [7, 11) is 0. The molecule has 0 aliphatic heterocycles. The van der Waals surface area contributed by atoms with Gasteiger partial charge in [-0.25, -0.2) is 4.39 Å². The lowest BCUT2D eigenvalue weighted by atomic mass is 10.1. The summed E-state index contributed by atoms with van der Waals surface area (Å²) >= 11 is 0. The van der Waals surface area contributed by atoms with E-state index >= 15 is 0 Å². The number of furan rings is 1. The molecule has 4 rings (SSSR count). The second kappa shape index (κ2) is 8.07. The van der Waals surface area contributed by atoms with Gasteiger partial charge in [0.2, 0.25) is 5.76 Å². The van der Waals surface area contributed by atoms with E-state index in [0.29, 0.717) is 16.7 Å². The lowest BCUT2D eigenvalue weighted by Gasteiger charge is -2.07. The number of hydrogen-bond donors (Lipinski definition) is 2. The van der Waals surface area contributed by atoms with Crippen molar-refractivity contribution in [2.75, 3.05) is 10.6 Å². The van der Waals surface area contributed by atoms with Crippen LogP contribution in [0.4, 0.5) is 21.5 Å². The Balaban J connectivity index is 1.66. The molecule has 0 bridgehead atoms. The largest absolute Gasteiger partial charge is 0.449 e. The van der Waals surface area contributed by atoms with E-state index in [0.717, 1.165) is 6.07 Å². The first-order valence-electron chi connectivity index (χ1n) is 9.06. The molecule has 3 aromatic carbocycles. The van der Waals surface area contributed by atoms with Gasteiger partial charge >= 0.3 is 0 Å². The number of nitrogens with zero attached hydrogens (tertiary/aromatic N) is 1. The Kier molecular flexibility index (Phi) is 5.15. The summed E-state index contributed by atoms with van der Waals surface area (Å²) in [6.07, 6.45) is 0. The van der Waals surface area contributed by atoms with Gasteiger partial charge in [0, 0.05) is 28.8 Å². The van der Waals surface area contributed by atoms with Crippen LogP contribution in [0.25, 0.3) is 11.0 Å². The van der Waals surface area contributed by atoms with Crippen LogP contribution < -0.4 is 10.6 Å². The zero-order valence-corrected chi connectivity index (χ0v) is 15.8. The monoisotopic (exact) mass is 419 g/mol. The van der Waals surface area contributed by atoms with Gasteiger partial charge in [0.15, 0.2) is 0 Å². The van der Waals surface area contributed by atoms with Crippen molar-refractivity contribution in [1.29, 1.82) is 0 Å². The molecule has 0 aliphatic carbocycles. The van der Waals surface area contributed by atoms with Crippen LogP contribution in [0.2, 0.25) is 0 Å². The number of fused-ring (bicyclic) bond motifs is 1. The van der Waals surface area contributed by atoms with E-state index in [1.54, 1.807) is 24.3 Å². The smallest absolute Gasteiger partial charge is 0.293 e. The zero-order valence-electron chi connectivity index (χ0n) is 15.8. The highest BCUT2D eigenvalue weighted by atomic mass is 19.1. The molecule has 0 radical (unpaired) electrons. The predicted octanol–water partition coefficient (Wildman–Crippen LogP) is 4.98. The third-order valence-corrected chi connectivity index (χ3v) is 4.46. The Morgan fingerprint density at radius 3 is 2.35 bits per heavy atom. The highest BCUT2D eigenvalue weighted by Crippen LogP contribution is 2.32.